The fourth-order valence-corrected chi connectivity index (χ4v) is 3.55. The third kappa shape index (κ3) is 4.83. The van der Waals surface area contributed by atoms with Crippen molar-refractivity contribution in [3.05, 3.63) is 120 Å². The molecular weight excluding hydrogens is 410 g/mol. The number of ether oxygens (including phenoxy) is 2. The Morgan fingerprint density at radius 3 is 1.38 bits per heavy atom. The Morgan fingerprint density at radius 1 is 0.562 bits per heavy atom. The van der Waals surface area contributed by atoms with Gasteiger partial charge in [0.1, 0.15) is 24.8 Å². The quantitative estimate of drug-likeness (QED) is 0.305. The minimum absolute atomic E-state index is 0.157. The molecule has 0 atom stereocenters. The highest BCUT2D eigenvalue weighted by atomic mass is 19.1. The monoisotopic (exact) mass is 430 g/mol. The molecule has 4 aromatic rings. The minimum atomic E-state index is -0.920. The molecule has 0 saturated carbocycles. The zero-order valence-corrected chi connectivity index (χ0v) is 17.1. The van der Waals surface area contributed by atoms with E-state index >= 15 is 0 Å². The first-order valence-electron chi connectivity index (χ1n) is 10.1. The lowest BCUT2D eigenvalue weighted by molar-refractivity contribution is 0.0447. The zero-order chi connectivity index (χ0) is 22.3. The van der Waals surface area contributed by atoms with Crippen LogP contribution in [0.5, 0.6) is 0 Å². The van der Waals surface area contributed by atoms with E-state index in [0.29, 0.717) is 33.4 Å². The molecule has 0 amide bonds. The molecule has 0 aliphatic heterocycles. The topological polar surface area (TPSA) is 35.5 Å². The summed E-state index contributed by atoms with van der Waals surface area (Å²) in [4.78, 5) is 12.2. The second-order valence-electron chi connectivity index (χ2n) is 7.11. The molecule has 160 valence electrons. The summed E-state index contributed by atoms with van der Waals surface area (Å²) < 4.78 is 39.4. The van der Waals surface area contributed by atoms with Gasteiger partial charge in [0, 0.05) is 22.3 Å². The van der Waals surface area contributed by atoms with Gasteiger partial charge in [0.15, 0.2) is 0 Å². The lowest BCUT2D eigenvalue weighted by Crippen LogP contribution is -2.09. The molecule has 0 bridgehead atoms. The van der Waals surface area contributed by atoms with Crippen LogP contribution in [0.3, 0.4) is 0 Å². The van der Waals surface area contributed by atoms with E-state index in [1.54, 1.807) is 48.5 Å². The second kappa shape index (κ2) is 9.88. The van der Waals surface area contributed by atoms with Gasteiger partial charge in [-0.05, 0) is 23.3 Å². The Balaban J connectivity index is 1.45. The Bertz CT molecular complexity index is 1110. The summed E-state index contributed by atoms with van der Waals surface area (Å²) in [6.07, 6.45) is -0.920. The van der Waals surface area contributed by atoms with Crippen LogP contribution >= 0.6 is 0 Å². The van der Waals surface area contributed by atoms with Gasteiger partial charge in [0.2, 0.25) is 0 Å². The minimum Gasteiger partial charge on any atom is -0.429 e. The molecule has 0 unspecified atom stereocenters. The summed E-state index contributed by atoms with van der Waals surface area (Å²) >= 11 is 0. The summed E-state index contributed by atoms with van der Waals surface area (Å²) in [7, 11) is 0. The maximum absolute atomic E-state index is 14.5. The van der Waals surface area contributed by atoms with Gasteiger partial charge >= 0.3 is 6.16 Å². The van der Waals surface area contributed by atoms with Gasteiger partial charge in [0.05, 0.1) is 0 Å². The number of rotatable bonds is 6. The van der Waals surface area contributed by atoms with E-state index in [-0.39, 0.29) is 13.2 Å². The van der Waals surface area contributed by atoms with Gasteiger partial charge in [-0.25, -0.2) is 13.6 Å². The van der Waals surface area contributed by atoms with Crippen LogP contribution in [0.15, 0.2) is 97.1 Å². The molecule has 0 N–H and O–H groups in total. The van der Waals surface area contributed by atoms with Gasteiger partial charge in [-0.2, -0.15) is 0 Å². The normalized spacial score (nSPS) is 10.6. The Hall–Kier alpha value is -3.99. The van der Waals surface area contributed by atoms with Crippen molar-refractivity contribution in [1.29, 1.82) is 0 Å². The molecule has 0 radical (unpaired) electrons. The summed E-state index contributed by atoms with van der Waals surface area (Å²) in [5, 5.41) is 0. The third-order valence-corrected chi connectivity index (χ3v) is 5.02. The highest BCUT2D eigenvalue weighted by Crippen LogP contribution is 2.29. The van der Waals surface area contributed by atoms with Gasteiger partial charge in [-0.15, -0.1) is 0 Å². The SMILES string of the molecule is O=C(OCc1cccc(F)c1-c1ccccc1)OCc1cccc(F)c1-c1ccccc1. The van der Waals surface area contributed by atoms with E-state index in [2.05, 4.69) is 0 Å². The molecule has 0 fully saturated rings. The number of benzene rings is 4. The molecule has 0 aliphatic carbocycles. The van der Waals surface area contributed by atoms with Crippen LogP contribution in [-0.4, -0.2) is 6.16 Å². The predicted molar refractivity (Wildman–Crippen MR) is 119 cm³/mol. The van der Waals surface area contributed by atoms with Crippen LogP contribution in [0, 0.1) is 11.6 Å². The van der Waals surface area contributed by atoms with Gasteiger partial charge in [0.25, 0.3) is 0 Å². The molecule has 0 aromatic heterocycles. The summed E-state index contributed by atoms with van der Waals surface area (Å²) in [5.74, 6) is -0.809. The number of carbonyl (C=O) groups excluding carboxylic acids is 1. The van der Waals surface area contributed by atoms with Crippen LogP contribution in [0.25, 0.3) is 22.3 Å². The second-order valence-corrected chi connectivity index (χ2v) is 7.11. The molecule has 4 aromatic carbocycles. The van der Waals surface area contributed by atoms with Crippen molar-refractivity contribution >= 4 is 6.16 Å². The van der Waals surface area contributed by atoms with E-state index in [9.17, 15) is 13.6 Å². The smallest absolute Gasteiger partial charge is 0.429 e. The summed E-state index contributed by atoms with van der Waals surface area (Å²) in [5.41, 5.74) is 3.15. The Morgan fingerprint density at radius 2 is 0.969 bits per heavy atom. The third-order valence-electron chi connectivity index (χ3n) is 5.02. The van der Waals surface area contributed by atoms with E-state index in [4.69, 9.17) is 9.47 Å². The molecule has 0 spiro atoms. The van der Waals surface area contributed by atoms with Gasteiger partial charge < -0.3 is 9.47 Å². The fraction of sp³-hybridized carbons (Fsp3) is 0.0741. The number of carbonyl (C=O) groups is 1. The molecule has 4 rings (SSSR count). The first-order valence-corrected chi connectivity index (χ1v) is 10.1. The average Bonchev–Trinajstić information content (AvgIpc) is 2.82. The largest absolute Gasteiger partial charge is 0.508 e. The zero-order valence-electron chi connectivity index (χ0n) is 17.1. The van der Waals surface area contributed by atoms with Crippen molar-refractivity contribution in [1.82, 2.24) is 0 Å². The van der Waals surface area contributed by atoms with Gasteiger partial charge in [-0.1, -0.05) is 84.9 Å². The van der Waals surface area contributed by atoms with Crippen LogP contribution in [0.4, 0.5) is 13.6 Å². The molecule has 0 heterocycles. The Kier molecular flexibility index (Phi) is 6.56. The van der Waals surface area contributed by atoms with Crippen LogP contribution < -0.4 is 0 Å². The highest BCUT2D eigenvalue weighted by molar-refractivity contribution is 5.70. The highest BCUT2D eigenvalue weighted by Gasteiger charge is 2.15. The molecule has 32 heavy (non-hydrogen) atoms. The average molecular weight is 430 g/mol. The first-order chi connectivity index (χ1) is 15.6. The van der Waals surface area contributed by atoms with Crippen molar-refractivity contribution in [2.45, 2.75) is 13.2 Å². The number of halogens is 2. The van der Waals surface area contributed by atoms with E-state index in [0.717, 1.165) is 0 Å². The van der Waals surface area contributed by atoms with Crippen molar-refractivity contribution < 1.29 is 23.0 Å². The fourth-order valence-electron chi connectivity index (χ4n) is 3.55. The van der Waals surface area contributed by atoms with Gasteiger partial charge in [-0.3, -0.25) is 0 Å². The van der Waals surface area contributed by atoms with Crippen molar-refractivity contribution in [3.63, 3.8) is 0 Å². The maximum Gasteiger partial charge on any atom is 0.508 e. The van der Waals surface area contributed by atoms with Crippen LogP contribution in [0.2, 0.25) is 0 Å². The number of hydrogen-bond acceptors (Lipinski definition) is 3. The van der Waals surface area contributed by atoms with Crippen LogP contribution in [0.1, 0.15) is 11.1 Å². The first kappa shape index (κ1) is 21.2. The standard InChI is InChI=1S/C27H20F2O3/c28-23-15-7-13-21(25(23)19-9-3-1-4-10-19)17-31-27(30)32-18-22-14-8-16-24(29)26(22)20-11-5-2-6-12-20/h1-16H,17-18H2. The lowest BCUT2D eigenvalue weighted by Gasteiger charge is -2.13. The maximum atomic E-state index is 14.5. The molecule has 0 aliphatic rings. The summed E-state index contributed by atoms with van der Waals surface area (Å²) in [6.45, 7) is -0.314. The van der Waals surface area contributed by atoms with Crippen LogP contribution in [-0.2, 0) is 22.7 Å². The number of hydrogen-bond donors (Lipinski definition) is 0. The molecule has 0 saturated heterocycles. The van der Waals surface area contributed by atoms with E-state index in [1.165, 1.54) is 12.1 Å². The molecule has 5 heteroatoms. The Labute approximate surface area is 184 Å². The van der Waals surface area contributed by atoms with Crippen molar-refractivity contribution in [2.75, 3.05) is 0 Å². The van der Waals surface area contributed by atoms with Crippen molar-refractivity contribution in [2.24, 2.45) is 0 Å². The molecular formula is C27H20F2O3. The van der Waals surface area contributed by atoms with E-state index in [1.807, 2.05) is 36.4 Å². The lowest BCUT2D eigenvalue weighted by atomic mass is 9.99. The predicted octanol–water partition coefficient (Wildman–Crippen LogP) is 7.15. The molecule has 3 nitrogen and oxygen atoms in total. The van der Waals surface area contributed by atoms with Crippen molar-refractivity contribution in [3.8, 4) is 22.3 Å². The van der Waals surface area contributed by atoms with E-state index < -0.39 is 17.8 Å². The summed E-state index contributed by atoms with van der Waals surface area (Å²) in [6, 6.07) is 27.3.